The Hall–Kier alpha value is -1.28. The molecule has 0 N–H and O–H groups in total. The molecule has 1 aromatic carbocycles. The molecule has 0 heterocycles. The van der Waals surface area contributed by atoms with Crippen molar-refractivity contribution < 1.29 is 9.72 Å². The fraction of sp³-hybridized carbons (Fsp3) is 0. The van der Waals surface area contributed by atoms with E-state index in [1.807, 2.05) is 0 Å². The fourth-order valence-electron chi connectivity index (χ4n) is 0.818. The number of aldehydes is 1. The number of hydrogen-bond donors (Lipinski definition) is 0. The van der Waals surface area contributed by atoms with Crippen molar-refractivity contribution in [1.82, 2.24) is 0 Å². The minimum Gasteiger partial charge on any atom is -0.298 e. The van der Waals surface area contributed by atoms with E-state index in [0.717, 1.165) is 0 Å². The highest BCUT2D eigenvalue weighted by Gasteiger charge is 2.11. The molecule has 12 heavy (non-hydrogen) atoms. The molecule has 0 spiro atoms. The lowest BCUT2D eigenvalue weighted by Crippen LogP contribution is -1.99. The van der Waals surface area contributed by atoms with E-state index in [1.54, 1.807) is 6.07 Å². The second-order valence-electron chi connectivity index (χ2n) is 2.19. The summed E-state index contributed by atoms with van der Waals surface area (Å²) in [4.78, 5) is 20.1. The average Bonchev–Trinajstić information content (AvgIpc) is 2.04. The summed E-state index contributed by atoms with van der Waals surface area (Å²) in [6.07, 6.45) is 0.474. The smallest absolute Gasteiger partial charge is 0.280 e. The number of nitro groups is 1. The Balaban J connectivity index is 3.30. The van der Waals surface area contributed by atoms with E-state index in [-0.39, 0.29) is 11.3 Å². The lowest BCUT2D eigenvalue weighted by Gasteiger charge is -1.95. The first kappa shape index (κ1) is 8.81. The summed E-state index contributed by atoms with van der Waals surface area (Å²) in [5.74, 6) is 0. The zero-order chi connectivity index (χ0) is 9.14. The third kappa shape index (κ3) is 1.66. The monoisotopic (exact) mass is 183 g/mol. The SMILES string of the molecule is O=Cc1ccc(P)cc1[N+](=O)[O-]. The van der Waals surface area contributed by atoms with E-state index < -0.39 is 4.92 Å². The highest BCUT2D eigenvalue weighted by atomic mass is 31.0. The number of hydrogen-bond acceptors (Lipinski definition) is 3. The van der Waals surface area contributed by atoms with Crippen LogP contribution in [-0.4, -0.2) is 11.2 Å². The van der Waals surface area contributed by atoms with E-state index in [1.165, 1.54) is 12.1 Å². The second-order valence-corrected chi connectivity index (χ2v) is 2.86. The molecule has 0 aliphatic carbocycles. The van der Waals surface area contributed by atoms with Crippen molar-refractivity contribution in [2.24, 2.45) is 0 Å². The maximum Gasteiger partial charge on any atom is 0.280 e. The maximum atomic E-state index is 10.4. The van der Waals surface area contributed by atoms with Gasteiger partial charge in [0.1, 0.15) is 0 Å². The van der Waals surface area contributed by atoms with Crippen molar-refractivity contribution in [2.45, 2.75) is 0 Å². The van der Waals surface area contributed by atoms with Gasteiger partial charge in [-0.25, -0.2) is 0 Å². The van der Waals surface area contributed by atoms with Crippen LogP contribution in [0.5, 0.6) is 0 Å². The van der Waals surface area contributed by atoms with Crippen molar-refractivity contribution >= 4 is 26.5 Å². The average molecular weight is 183 g/mol. The van der Waals surface area contributed by atoms with Gasteiger partial charge in [-0.3, -0.25) is 14.9 Å². The van der Waals surface area contributed by atoms with Gasteiger partial charge >= 0.3 is 0 Å². The molecule has 0 fully saturated rings. The van der Waals surface area contributed by atoms with Crippen molar-refractivity contribution in [3.63, 3.8) is 0 Å². The summed E-state index contributed by atoms with van der Waals surface area (Å²) >= 11 is 0. The summed E-state index contributed by atoms with van der Waals surface area (Å²) < 4.78 is 0. The lowest BCUT2D eigenvalue weighted by atomic mass is 10.2. The van der Waals surface area contributed by atoms with Crippen LogP contribution >= 0.6 is 9.24 Å². The van der Waals surface area contributed by atoms with E-state index >= 15 is 0 Å². The Morgan fingerprint density at radius 1 is 1.50 bits per heavy atom. The Bertz CT molecular complexity index is 337. The first-order valence-electron chi connectivity index (χ1n) is 3.14. The van der Waals surface area contributed by atoms with Gasteiger partial charge in [-0.2, -0.15) is 0 Å². The third-order valence-corrected chi connectivity index (χ3v) is 1.74. The van der Waals surface area contributed by atoms with Crippen LogP contribution < -0.4 is 5.30 Å². The summed E-state index contributed by atoms with van der Waals surface area (Å²) in [6, 6.07) is 4.39. The largest absolute Gasteiger partial charge is 0.298 e. The van der Waals surface area contributed by atoms with Crippen molar-refractivity contribution in [2.75, 3.05) is 0 Å². The summed E-state index contributed by atoms with van der Waals surface area (Å²) in [7, 11) is 2.33. The highest BCUT2D eigenvalue weighted by Crippen LogP contribution is 2.14. The molecule has 0 saturated heterocycles. The summed E-state index contributed by atoms with van der Waals surface area (Å²) in [5.41, 5.74) is -0.0521. The molecule has 0 bridgehead atoms. The van der Waals surface area contributed by atoms with E-state index in [4.69, 9.17) is 0 Å². The number of nitro benzene ring substituents is 1. The Kier molecular flexibility index (Phi) is 2.51. The molecule has 0 aromatic heterocycles. The molecular weight excluding hydrogens is 177 g/mol. The van der Waals surface area contributed by atoms with Crippen molar-refractivity contribution in [3.05, 3.63) is 33.9 Å². The van der Waals surface area contributed by atoms with Crippen LogP contribution in [0.4, 0.5) is 5.69 Å². The van der Waals surface area contributed by atoms with Gasteiger partial charge in [-0.15, -0.1) is 9.24 Å². The molecule has 0 radical (unpaired) electrons. The number of benzene rings is 1. The van der Waals surface area contributed by atoms with E-state index in [9.17, 15) is 14.9 Å². The van der Waals surface area contributed by atoms with Gasteiger partial charge in [0.2, 0.25) is 0 Å². The summed E-state index contributed by atoms with van der Waals surface area (Å²) in [5, 5.41) is 11.1. The minimum absolute atomic E-state index is 0.103. The number of carbonyl (C=O) groups excluding carboxylic acids is 1. The van der Waals surface area contributed by atoms with Crippen LogP contribution in [-0.2, 0) is 0 Å². The molecule has 5 heteroatoms. The Labute approximate surface area is 70.9 Å². The second kappa shape index (κ2) is 3.41. The predicted molar refractivity (Wildman–Crippen MR) is 47.8 cm³/mol. The zero-order valence-corrected chi connectivity index (χ0v) is 7.21. The first-order chi connectivity index (χ1) is 5.65. The number of nitrogens with zero attached hydrogens (tertiary/aromatic N) is 1. The van der Waals surface area contributed by atoms with Crippen LogP contribution in [0.1, 0.15) is 10.4 Å². The van der Waals surface area contributed by atoms with Gasteiger partial charge in [0.15, 0.2) is 6.29 Å². The molecular formula is C7H6NO3P. The molecule has 0 aliphatic rings. The molecule has 1 aromatic rings. The van der Waals surface area contributed by atoms with E-state index in [2.05, 4.69) is 9.24 Å². The van der Waals surface area contributed by atoms with Crippen molar-refractivity contribution in [3.8, 4) is 0 Å². The Morgan fingerprint density at radius 3 is 2.67 bits per heavy atom. The van der Waals surface area contributed by atoms with Gasteiger partial charge in [0.25, 0.3) is 5.69 Å². The van der Waals surface area contributed by atoms with Crippen LogP contribution in [0, 0.1) is 10.1 Å². The zero-order valence-electron chi connectivity index (χ0n) is 6.06. The van der Waals surface area contributed by atoms with Gasteiger partial charge in [0.05, 0.1) is 10.5 Å². The lowest BCUT2D eigenvalue weighted by molar-refractivity contribution is -0.385. The van der Waals surface area contributed by atoms with Gasteiger partial charge in [-0.05, 0) is 11.4 Å². The summed E-state index contributed by atoms with van der Waals surface area (Å²) in [6.45, 7) is 0. The predicted octanol–water partition coefficient (Wildman–Crippen LogP) is 0.908. The minimum atomic E-state index is -0.572. The molecule has 62 valence electrons. The van der Waals surface area contributed by atoms with Crippen LogP contribution in [0.3, 0.4) is 0 Å². The molecule has 1 rings (SSSR count). The third-order valence-electron chi connectivity index (χ3n) is 1.38. The molecule has 1 unspecified atom stereocenters. The van der Waals surface area contributed by atoms with Gasteiger partial charge in [0, 0.05) is 6.07 Å². The van der Waals surface area contributed by atoms with Crippen LogP contribution in [0.2, 0.25) is 0 Å². The fourth-order valence-corrected chi connectivity index (χ4v) is 1.07. The van der Waals surface area contributed by atoms with Crippen LogP contribution in [0.15, 0.2) is 18.2 Å². The standard InChI is InChI=1S/C7H6NO3P/c9-4-5-1-2-6(12)3-7(5)8(10)11/h1-4H,12H2. The van der Waals surface area contributed by atoms with E-state index in [0.29, 0.717) is 11.6 Å². The number of rotatable bonds is 2. The topological polar surface area (TPSA) is 60.2 Å². The molecule has 0 aliphatic heterocycles. The van der Waals surface area contributed by atoms with Crippen molar-refractivity contribution in [1.29, 1.82) is 0 Å². The quantitative estimate of drug-likeness (QED) is 0.296. The normalized spacial score (nSPS) is 9.42. The molecule has 0 saturated carbocycles. The van der Waals surface area contributed by atoms with Gasteiger partial charge < -0.3 is 0 Å². The number of carbonyl (C=O) groups is 1. The van der Waals surface area contributed by atoms with Gasteiger partial charge in [-0.1, -0.05) is 6.07 Å². The molecule has 0 amide bonds. The Morgan fingerprint density at radius 2 is 2.17 bits per heavy atom. The maximum absolute atomic E-state index is 10.4. The molecule has 1 atom stereocenters. The van der Waals surface area contributed by atoms with Crippen LogP contribution in [0.25, 0.3) is 0 Å². The first-order valence-corrected chi connectivity index (χ1v) is 3.72. The molecule has 4 nitrogen and oxygen atoms in total. The highest BCUT2D eigenvalue weighted by molar-refractivity contribution is 7.27.